The van der Waals surface area contributed by atoms with Crippen LogP contribution < -0.4 is 5.32 Å². The van der Waals surface area contributed by atoms with Crippen molar-refractivity contribution in [3.05, 3.63) is 35.4 Å². The van der Waals surface area contributed by atoms with Crippen LogP contribution in [0.2, 0.25) is 0 Å². The highest BCUT2D eigenvalue weighted by Crippen LogP contribution is 2.26. The number of imide groups is 1. The molecule has 0 radical (unpaired) electrons. The van der Waals surface area contributed by atoms with Crippen molar-refractivity contribution in [2.45, 2.75) is 26.3 Å². The van der Waals surface area contributed by atoms with Crippen LogP contribution in [0.4, 0.5) is 0 Å². The molecule has 1 aromatic rings. The number of hydrogen-bond acceptors (Lipinski definition) is 4. The molecule has 0 fully saturated rings. The highest BCUT2D eigenvalue weighted by atomic mass is 16.2. The lowest BCUT2D eigenvalue weighted by atomic mass is 10.0. The normalized spacial score (nSPS) is 15.2. The van der Waals surface area contributed by atoms with E-state index in [1.54, 1.807) is 24.3 Å². The van der Waals surface area contributed by atoms with Gasteiger partial charge in [0.25, 0.3) is 11.8 Å². The SMILES string of the molecule is CC(C)CC(C(=O)NCCN(C)C)N1C(=O)c2ccccc2C1=O. The second kappa shape index (κ2) is 7.57. The van der Waals surface area contributed by atoms with E-state index in [0.29, 0.717) is 30.6 Å². The molecule has 0 saturated heterocycles. The molecule has 1 N–H and O–H groups in total. The molecule has 0 aliphatic carbocycles. The van der Waals surface area contributed by atoms with Crippen LogP contribution in [0.25, 0.3) is 0 Å². The Hall–Kier alpha value is -2.21. The zero-order valence-electron chi connectivity index (χ0n) is 14.7. The maximum atomic E-state index is 12.6. The van der Waals surface area contributed by atoms with E-state index >= 15 is 0 Å². The molecule has 0 spiro atoms. The third-order valence-electron chi connectivity index (χ3n) is 3.99. The molecule has 1 aliphatic rings. The summed E-state index contributed by atoms with van der Waals surface area (Å²) in [5.74, 6) is -0.869. The highest BCUT2D eigenvalue weighted by Gasteiger charge is 2.42. The topological polar surface area (TPSA) is 69.7 Å². The minimum atomic E-state index is -0.778. The van der Waals surface area contributed by atoms with E-state index in [1.165, 1.54) is 0 Å². The van der Waals surface area contributed by atoms with E-state index in [2.05, 4.69) is 5.32 Å². The van der Waals surface area contributed by atoms with Crippen molar-refractivity contribution in [2.75, 3.05) is 27.2 Å². The van der Waals surface area contributed by atoms with Crippen LogP contribution in [0.15, 0.2) is 24.3 Å². The quantitative estimate of drug-likeness (QED) is 0.766. The zero-order valence-corrected chi connectivity index (χ0v) is 14.7. The molecule has 130 valence electrons. The van der Waals surface area contributed by atoms with Gasteiger partial charge in [-0.15, -0.1) is 0 Å². The second-order valence-electron chi connectivity index (χ2n) is 6.77. The first-order valence-corrected chi connectivity index (χ1v) is 8.22. The number of likely N-dealkylation sites (N-methyl/N-ethyl adjacent to an activating group) is 1. The summed E-state index contributed by atoms with van der Waals surface area (Å²) in [6, 6.07) is 5.93. The lowest BCUT2D eigenvalue weighted by Crippen LogP contribution is -2.51. The fourth-order valence-corrected chi connectivity index (χ4v) is 2.79. The molecule has 0 bridgehead atoms. The van der Waals surface area contributed by atoms with E-state index in [1.807, 2.05) is 32.8 Å². The average Bonchev–Trinajstić information content (AvgIpc) is 2.76. The monoisotopic (exact) mass is 331 g/mol. The summed E-state index contributed by atoms with van der Waals surface area (Å²) in [5.41, 5.74) is 0.745. The van der Waals surface area contributed by atoms with Crippen LogP contribution in [0.3, 0.4) is 0 Å². The Labute approximate surface area is 142 Å². The Morgan fingerprint density at radius 3 is 2.12 bits per heavy atom. The van der Waals surface area contributed by atoms with Crippen LogP contribution in [0.1, 0.15) is 41.0 Å². The van der Waals surface area contributed by atoms with E-state index < -0.39 is 6.04 Å². The fourth-order valence-electron chi connectivity index (χ4n) is 2.79. The average molecular weight is 331 g/mol. The molecule has 1 heterocycles. The number of hydrogen-bond donors (Lipinski definition) is 1. The molecule has 0 saturated carbocycles. The van der Waals surface area contributed by atoms with Gasteiger partial charge in [-0.1, -0.05) is 26.0 Å². The molecular formula is C18H25N3O3. The van der Waals surface area contributed by atoms with E-state index in [-0.39, 0.29) is 23.6 Å². The molecule has 1 aliphatic heterocycles. The van der Waals surface area contributed by atoms with Gasteiger partial charge in [-0.25, -0.2) is 0 Å². The van der Waals surface area contributed by atoms with Crippen molar-refractivity contribution >= 4 is 17.7 Å². The molecule has 1 unspecified atom stereocenters. The molecule has 6 heteroatoms. The van der Waals surface area contributed by atoms with Gasteiger partial charge in [0, 0.05) is 13.1 Å². The van der Waals surface area contributed by atoms with Crippen LogP contribution >= 0.6 is 0 Å². The lowest BCUT2D eigenvalue weighted by Gasteiger charge is -2.27. The molecule has 0 aromatic heterocycles. The smallest absolute Gasteiger partial charge is 0.262 e. The van der Waals surface area contributed by atoms with E-state index in [0.717, 1.165) is 4.90 Å². The van der Waals surface area contributed by atoms with E-state index in [4.69, 9.17) is 0 Å². The largest absolute Gasteiger partial charge is 0.353 e. The molecular weight excluding hydrogens is 306 g/mol. The number of benzene rings is 1. The fraction of sp³-hybridized carbons (Fsp3) is 0.500. The number of carbonyl (C=O) groups excluding carboxylic acids is 3. The van der Waals surface area contributed by atoms with Gasteiger partial charge in [-0.05, 0) is 38.6 Å². The third-order valence-corrected chi connectivity index (χ3v) is 3.99. The predicted octanol–water partition coefficient (Wildman–Crippen LogP) is 1.38. The van der Waals surface area contributed by atoms with Gasteiger partial charge in [0.2, 0.25) is 5.91 Å². The van der Waals surface area contributed by atoms with Crippen molar-refractivity contribution in [1.82, 2.24) is 15.1 Å². The summed E-state index contributed by atoms with van der Waals surface area (Å²) in [5, 5.41) is 2.84. The van der Waals surface area contributed by atoms with Crippen LogP contribution in [0, 0.1) is 5.92 Å². The predicted molar refractivity (Wildman–Crippen MR) is 91.7 cm³/mol. The Morgan fingerprint density at radius 2 is 1.67 bits per heavy atom. The maximum Gasteiger partial charge on any atom is 0.262 e. The minimum absolute atomic E-state index is 0.180. The Balaban J connectivity index is 2.21. The molecule has 24 heavy (non-hydrogen) atoms. The number of carbonyl (C=O) groups is 3. The number of nitrogens with one attached hydrogen (secondary N) is 1. The number of rotatable bonds is 7. The van der Waals surface area contributed by atoms with Crippen LogP contribution in [-0.2, 0) is 4.79 Å². The first-order chi connectivity index (χ1) is 11.3. The van der Waals surface area contributed by atoms with Crippen molar-refractivity contribution < 1.29 is 14.4 Å². The van der Waals surface area contributed by atoms with E-state index in [9.17, 15) is 14.4 Å². The maximum absolute atomic E-state index is 12.6. The molecule has 3 amide bonds. The van der Waals surface area contributed by atoms with Gasteiger partial charge in [0.1, 0.15) is 6.04 Å². The van der Waals surface area contributed by atoms with Crippen molar-refractivity contribution in [3.63, 3.8) is 0 Å². The van der Waals surface area contributed by atoms with Gasteiger partial charge in [-0.3, -0.25) is 19.3 Å². The van der Waals surface area contributed by atoms with Crippen molar-refractivity contribution in [1.29, 1.82) is 0 Å². The molecule has 1 atom stereocenters. The van der Waals surface area contributed by atoms with Gasteiger partial charge < -0.3 is 10.2 Å². The van der Waals surface area contributed by atoms with Crippen molar-refractivity contribution in [3.8, 4) is 0 Å². The summed E-state index contributed by atoms with van der Waals surface area (Å²) < 4.78 is 0. The van der Waals surface area contributed by atoms with Gasteiger partial charge in [0.05, 0.1) is 11.1 Å². The Kier molecular flexibility index (Phi) is 5.72. The molecule has 6 nitrogen and oxygen atoms in total. The lowest BCUT2D eigenvalue weighted by molar-refractivity contribution is -0.125. The zero-order chi connectivity index (χ0) is 17.9. The second-order valence-corrected chi connectivity index (χ2v) is 6.77. The first kappa shape index (κ1) is 18.1. The molecule has 1 aromatic carbocycles. The number of fused-ring (bicyclic) bond motifs is 1. The summed E-state index contributed by atoms with van der Waals surface area (Å²) in [6.07, 6.45) is 0.444. The van der Waals surface area contributed by atoms with Crippen LogP contribution in [-0.4, -0.2) is 60.7 Å². The highest BCUT2D eigenvalue weighted by molar-refractivity contribution is 6.22. The molecule has 2 rings (SSSR count). The standard InChI is InChI=1S/C18H25N3O3/c1-12(2)11-15(16(22)19-9-10-20(3)4)21-17(23)13-7-5-6-8-14(13)18(21)24/h5-8,12,15H,9-11H2,1-4H3,(H,19,22). The van der Waals surface area contributed by atoms with Crippen LogP contribution in [0.5, 0.6) is 0 Å². The Bertz CT molecular complexity index is 605. The number of nitrogens with zero attached hydrogens (tertiary/aromatic N) is 2. The minimum Gasteiger partial charge on any atom is -0.353 e. The van der Waals surface area contributed by atoms with Gasteiger partial charge in [0.15, 0.2) is 0 Å². The van der Waals surface area contributed by atoms with Crippen molar-refractivity contribution in [2.24, 2.45) is 5.92 Å². The number of amides is 3. The first-order valence-electron chi connectivity index (χ1n) is 8.22. The summed E-state index contributed by atoms with van der Waals surface area (Å²) >= 11 is 0. The summed E-state index contributed by atoms with van der Waals surface area (Å²) in [6.45, 7) is 5.11. The summed E-state index contributed by atoms with van der Waals surface area (Å²) in [7, 11) is 3.84. The van der Waals surface area contributed by atoms with Gasteiger partial charge in [-0.2, -0.15) is 0 Å². The Morgan fingerprint density at radius 1 is 1.12 bits per heavy atom. The van der Waals surface area contributed by atoms with Gasteiger partial charge >= 0.3 is 0 Å². The summed E-state index contributed by atoms with van der Waals surface area (Å²) in [4.78, 5) is 41.0. The third kappa shape index (κ3) is 3.82.